The Bertz CT molecular complexity index is 1170. The predicted molar refractivity (Wildman–Crippen MR) is 116 cm³/mol. The molecule has 0 bridgehead atoms. The van der Waals surface area contributed by atoms with E-state index in [1.54, 1.807) is 47.2 Å². The van der Waals surface area contributed by atoms with E-state index in [2.05, 4.69) is 5.32 Å². The maximum absolute atomic E-state index is 13.2. The second-order valence-electron chi connectivity index (χ2n) is 7.47. The number of hydrogen-bond acceptors (Lipinski definition) is 4. The molecule has 1 saturated heterocycles. The van der Waals surface area contributed by atoms with E-state index in [0.717, 1.165) is 19.4 Å². The molecule has 158 valence electrons. The molecule has 6 nitrogen and oxygen atoms in total. The molecule has 1 aliphatic rings. The molecule has 0 saturated carbocycles. The van der Waals surface area contributed by atoms with Gasteiger partial charge in [-0.3, -0.25) is 4.79 Å². The van der Waals surface area contributed by atoms with E-state index in [0.29, 0.717) is 28.0 Å². The normalized spacial score (nSPS) is 16.8. The first-order valence-electron chi connectivity index (χ1n) is 9.86. The number of carbonyl (C=O) groups is 1. The summed E-state index contributed by atoms with van der Waals surface area (Å²) in [5.41, 5.74) is 1.32. The number of ether oxygens (including phenoxy) is 1. The molecule has 0 radical (unpaired) electrons. The molecule has 1 N–H and O–H groups in total. The summed E-state index contributed by atoms with van der Waals surface area (Å²) in [5, 5.41) is 3.98. The van der Waals surface area contributed by atoms with Crippen LogP contribution in [0, 0.1) is 0 Å². The van der Waals surface area contributed by atoms with E-state index in [1.807, 2.05) is 12.1 Å². The number of sulfone groups is 1. The van der Waals surface area contributed by atoms with Crippen LogP contribution in [0.15, 0.2) is 59.6 Å². The number of fused-ring (bicyclic) bond motifs is 1. The first kappa shape index (κ1) is 20.9. The SMILES string of the molecule is O=C(Cn1cc(S(=O)(=O)Cc2cccc(Cl)c2)c2ccccc21)NCC1CCCO1. The van der Waals surface area contributed by atoms with Gasteiger partial charge in [0.25, 0.3) is 0 Å². The van der Waals surface area contributed by atoms with Crippen LogP contribution in [0.1, 0.15) is 18.4 Å². The third-order valence-corrected chi connectivity index (χ3v) is 7.14. The van der Waals surface area contributed by atoms with Crippen molar-refractivity contribution in [2.75, 3.05) is 13.2 Å². The lowest BCUT2D eigenvalue weighted by atomic mass is 10.2. The van der Waals surface area contributed by atoms with E-state index >= 15 is 0 Å². The smallest absolute Gasteiger partial charge is 0.240 e. The van der Waals surface area contributed by atoms with Crippen LogP contribution in [0.2, 0.25) is 5.02 Å². The number of rotatable bonds is 7. The Morgan fingerprint density at radius 2 is 2.03 bits per heavy atom. The molecule has 4 rings (SSSR count). The van der Waals surface area contributed by atoms with E-state index in [9.17, 15) is 13.2 Å². The average Bonchev–Trinajstić information content (AvgIpc) is 3.35. The van der Waals surface area contributed by atoms with E-state index in [-0.39, 0.29) is 29.2 Å². The molecule has 2 aromatic carbocycles. The highest BCUT2D eigenvalue weighted by Gasteiger charge is 2.23. The van der Waals surface area contributed by atoms with Gasteiger partial charge < -0.3 is 14.6 Å². The fraction of sp³-hybridized carbons (Fsp3) is 0.318. The lowest BCUT2D eigenvalue weighted by Gasteiger charge is -2.11. The fourth-order valence-corrected chi connectivity index (χ4v) is 5.54. The Labute approximate surface area is 180 Å². The van der Waals surface area contributed by atoms with Crippen molar-refractivity contribution in [1.29, 1.82) is 0 Å². The highest BCUT2D eigenvalue weighted by atomic mass is 35.5. The second kappa shape index (κ2) is 8.79. The lowest BCUT2D eigenvalue weighted by molar-refractivity contribution is -0.122. The summed E-state index contributed by atoms with van der Waals surface area (Å²) in [6.07, 6.45) is 3.56. The van der Waals surface area contributed by atoms with Crippen molar-refractivity contribution in [2.24, 2.45) is 0 Å². The summed E-state index contributed by atoms with van der Waals surface area (Å²) in [5.74, 6) is -0.336. The van der Waals surface area contributed by atoms with E-state index in [4.69, 9.17) is 16.3 Å². The van der Waals surface area contributed by atoms with Gasteiger partial charge in [-0.25, -0.2) is 8.42 Å². The Morgan fingerprint density at radius 3 is 2.80 bits per heavy atom. The number of benzene rings is 2. The zero-order valence-corrected chi connectivity index (χ0v) is 18.0. The Kier molecular flexibility index (Phi) is 6.13. The van der Waals surface area contributed by atoms with E-state index < -0.39 is 9.84 Å². The third-order valence-electron chi connectivity index (χ3n) is 5.20. The Hall–Kier alpha value is -2.35. The van der Waals surface area contributed by atoms with Crippen LogP contribution in [0.4, 0.5) is 0 Å². The van der Waals surface area contributed by atoms with Crippen molar-refractivity contribution in [3.63, 3.8) is 0 Å². The molecule has 8 heteroatoms. The van der Waals surface area contributed by atoms with Gasteiger partial charge in [-0.05, 0) is 36.6 Å². The molecular weight excluding hydrogens is 424 g/mol. The maximum atomic E-state index is 13.2. The molecular formula is C22H23ClN2O4S. The minimum Gasteiger partial charge on any atom is -0.376 e. The van der Waals surface area contributed by atoms with Crippen molar-refractivity contribution in [3.8, 4) is 0 Å². The number of halogens is 1. The van der Waals surface area contributed by atoms with Gasteiger partial charge in [-0.15, -0.1) is 0 Å². The largest absolute Gasteiger partial charge is 0.376 e. The van der Waals surface area contributed by atoms with Gasteiger partial charge in [0.15, 0.2) is 9.84 Å². The first-order chi connectivity index (χ1) is 14.4. The molecule has 1 aliphatic heterocycles. The zero-order chi connectivity index (χ0) is 21.1. The van der Waals surface area contributed by atoms with Crippen LogP contribution in [0.3, 0.4) is 0 Å². The molecule has 0 aliphatic carbocycles. The van der Waals surface area contributed by atoms with Gasteiger partial charge in [0.1, 0.15) is 6.54 Å². The minimum absolute atomic E-state index is 0.0416. The highest BCUT2D eigenvalue weighted by Crippen LogP contribution is 2.28. The molecule has 3 aromatic rings. The minimum atomic E-state index is -3.63. The highest BCUT2D eigenvalue weighted by molar-refractivity contribution is 7.90. The molecule has 1 atom stereocenters. The average molecular weight is 447 g/mol. The topological polar surface area (TPSA) is 77.4 Å². The summed E-state index contributed by atoms with van der Waals surface area (Å²) < 4.78 is 33.5. The van der Waals surface area contributed by atoms with Crippen LogP contribution in [0.25, 0.3) is 10.9 Å². The Morgan fingerprint density at radius 1 is 1.20 bits per heavy atom. The fourth-order valence-electron chi connectivity index (χ4n) is 3.76. The number of aromatic nitrogens is 1. The molecule has 1 aromatic heterocycles. The van der Waals surface area contributed by atoms with Crippen molar-refractivity contribution in [1.82, 2.24) is 9.88 Å². The van der Waals surface area contributed by atoms with Crippen molar-refractivity contribution < 1.29 is 17.9 Å². The van der Waals surface area contributed by atoms with E-state index in [1.165, 1.54) is 0 Å². The van der Waals surface area contributed by atoms with Crippen molar-refractivity contribution in [3.05, 3.63) is 65.3 Å². The van der Waals surface area contributed by atoms with Crippen LogP contribution in [-0.2, 0) is 31.7 Å². The standard InChI is InChI=1S/C22H23ClN2O4S/c23-17-6-3-5-16(11-17)15-30(27,28)21-13-25(20-9-2-1-8-19(20)21)14-22(26)24-12-18-7-4-10-29-18/h1-3,5-6,8-9,11,13,18H,4,7,10,12,14-15H2,(H,24,26). The number of nitrogens with zero attached hydrogens (tertiary/aromatic N) is 1. The third kappa shape index (κ3) is 4.69. The molecule has 1 unspecified atom stereocenters. The quantitative estimate of drug-likeness (QED) is 0.602. The van der Waals surface area contributed by atoms with Gasteiger partial charge in [-0.1, -0.05) is 41.9 Å². The predicted octanol–water partition coefficient (Wildman–Crippen LogP) is 3.56. The molecule has 1 amide bonds. The molecule has 0 spiro atoms. The summed E-state index contributed by atoms with van der Waals surface area (Å²) in [4.78, 5) is 12.7. The van der Waals surface area contributed by atoms with Crippen molar-refractivity contribution >= 4 is 38.2 Å². The molecule has 2 heterocycles. The summed E-state index contributed by atoms with van der Waals surface area (Å²) in [7, 11) is -3.63. The van der Waals surface area contributed by atoms with Crippen LogP contribution < -0.4 is 5.32 Å². The van der Waals surface area contributed by atoms with Crippen LogP contribution in [-0.4, -0.2) is 38.1 Å². The summed E-state index contributed by atoms with van der Waals surface area (Å²) in [6, 6.07) is 14.0. The van der Waals surface area contributed by atoms with Crippen molar-refractivity contribution in [2.45, 2.75) is 36.1 Å². The van der Waals surface area contributed by atoms with Crippen LogP contribution in [0.5, 0.6) is 0 Å². The lowest BCUT2D eigenvalue weighted by Crippen LogP contribution is -2.34. The summed E-state index contributed by atoms with van der Waals surface area (Å²) >= 11 is 6.00. The molecule has 30 heavy (non-hydrogen) atoms. The van der Waals surface area contributed by atoms with Crippen LogP contribution >= 0.6 is 11.6 Å². The monoisotopic (exact) mass is 446 g/mol. The van der Waals surface area contributed by atoms with Gasteiger partial charge in [-0.2, -0.15) is 0 Å². The van der Waals surface area contributed by atoms with Gasteiger partial charge in [0.05, 0.1) is 16.8 Å². The second-order valence-corrected chi connectivity index (χ2v) is 9.86. The summed E-state index contributed by atoms with van der Waals surface area (Å²) in [6.45, 7) is 1.24. The molecule has 1 fully saturated rings. The van der Waals surface area contributed by atoms with Gasteiger partial charge in [0, 0.05) is 35.3 Å². The number of nitrogens with one attached hydrogen (secondary N) is 1. The first-order valence-corrected chi connectivity index (χ1v) is 11.9. The number of hydrogen-bond donors (Lipinski definition) is 1. The van der Waals surface area contributed by atoms with Gasteiger partial charge in [0.2, 0.25) is 5.91 Å². The maximum Gasteiger partial charge on any atom is 0.240 e. The number of amides is 1. The van der Waals surface area contributed by atoms with Gasteiger partial charge >= 0.3 is 0 Å². The number of carbonyl (C=O) groups excluding carboxylic acids is 1. The Balaban J connectivity index is 1.57. The zero-order valence-electron chi connectivity index (χ0n) is 16.4. The number of para-hydroxylation sites is 1.